The van der Waals surface area contributed by atoms with E-state index in [0.717, 1.165) is 18.9 Å². The molecule has 1 aromatic carbocycles. The predicted molar refractivity (Wildman–Crippen MR) is 83.0 cm³/mol. The van der Waals surface area contributed by atoms with Crippen LogP contribution in [0.25, 0.3) is 0 Å². The van der Waals surface area contributed by atoms with E-state index in [1.807, 2.05) is 0 Å². The maximum atomic E-state index is 11.8. The van der Waals surface area contributed by atoms with E-state index in [9.17, 15) is 14.9 Å². The third-order valence-corrected chi connectivity index (χ3v) is 3.55. The van der Waals surface area contributed by atoms with Crippen molar-refractivity contribution in [1.82, 2.24) is 5.32 Å². The fourth-order valence-corrected chi connectivity index (χ4v) is 2.03. The van der Waals surface area contributed by atoms with Crippen LogP contribution in [0.15, 0.2) is 18.2 Å². The summed E-state index contributed by atoms with van der Waals surface area (Å²) in [6, 6.07) is 4.23. The Morgan fingerprint density at radius 1 is 1.45 bits per heavy atom. The molecule has 0 spiro atoms. The van der Waals surface area contributed by atoms with Crippen molar-refractivity contribution < 1.29 is 14.5 Å². The van der Waals surface area contributed by atoms with Gasteiger partial charge in [-0.3, -0.25) is 10.1 Å². The number of urea groups is 1. The van der Waals surface area contributed by atoms with Gasteiger partial charge < -0.3 is 15.4 Å². The zero-order chi connectivity index (χ0) is 15.9. The van der Waals surface area contributed by atoms with Gasteiger partial charge in [-0.25, -0.2) is 4.79 Å². The minimum absolute atomic E-state index is 0.00808. The number of nitro groups is 1. The quantitative estimate of drug-likeness (QED) is 0.439. The number of nitrogens with zero attached hydrogens (tertiary/aromatic N) is 1. The first kappa shape index (κ1) is 16.2. The zero-order valence-electron chi connectivity index (χ0n) is 12.6. The second-order valence-electron chi connectivity index (χ2n) is 5.46. The van der Waals surface area contributed by atoms with Gasteiger partial charge in [-0.2, -0.15) is 0 Å². The molecule has 2 rings (SSSR count). The minimum atomic E-state index is -0.463. The highest BCUT2D eigenvalue weighted by Gasteiger charge is 2.20. The summed E-state index contributed by atoms with van der Waals surface area (Å²) in [5, 5.41) is 16.2. The fourth-order valence-electron chi connectivity index (χ4n) is 2.03. The van der Waals surface area contributed by atoms with Crippen LogP contribution in [0.2, 0.25) is 0 Å². The number of nitro benzene ring substituents is 1. The molecule has 0 radical (unpaired) electrons. The van der Waals surface area contributed by atoms with Crippen LogP contribution in [0.3, 0.4) is 0 Å². The SMILES string of the molecule is Cc1c(NC(=O)NCCCOCC2CC2)cccc1[N+](=O)[O-]. The van der Waals surface area contributed by atoms with Crippen molar-refractivity contribution in [2.45, 2.75) is 26.2 Å². The number of anilines is 1. The molecule has 0 aliphatic heterocycles. The predicted octanol–water partition coefficient (Wildman–Crippen LogP) is 2.84. The lowest BCUT2D eigenvalue weighted by Crippen LogP contribution is -2.30. The summed E-state index contributed by atoms with van der Waals surface area (Å²) in [5.74, 6) is 0.744. The van der Waals surface area contributed by atoms with Crippen LogP contribution >= 0.6 is 0 Å². The number of amides is 2. The van der Waals surface area contributed by atoms with E-state index in [2.05, 4.69) is 10.6 Å². The smallest absolute Gasteiger partial charge is 0.319 e. The Kier molecular flexibility index (Phi) is 5.71. The van der Waals surface area contributed by atoms with Crippen molar-refractivity contribution in [1.29, 1.82) is 0 Å². The first-order chi connectivity index (χ1) is 10.6. The Labute approximate surface area is 129 Å². The van der Waals surface area contributed by atoms with Gasteiger partial charge in [0.25, 0.3) is 5.69 Å². The number of ether oxygens (including phenoxy) is 1. The number of nitrogens with one attached hydrogen (secondary N) is 2. The van der Waals surface area contributed by atoms with Crippen molar-refractivity contribution in [3.63, 3.8) is 0 Å². The second kappa shape index (κ2) is 7.74. The van der Waals surface area contributed by atoms with E-state index in [1.165, 1.54) is 18.9 Å². The summed E-state index contributed by atoms with van der Waals surface area (Å²) in [7, 11) is 0. The fraction of sp³-hybridized carbons (Fsp3) is 0.533. The summed E-state index contributed by atoms with van der Waals surface area (Å²) < 4.78 is 5.47. The highest BCUT2D eigenvalue weighted by atomic mass is 16.6. The first-order valence-electron chi connectivity index (χ1n) is 7.44. The maximum absolute atomic E-state index is 11.8. The first-order valence-corrected chi connectivity index (χ1v) is 7.44. The second-order valence-corrected chi connectivity index (χ2v) is 5.46. The number of carbonyl (C=O) groups excluding carboxylic acids is 1. The Morgan fingerprint density at radius 3 is 2.91 bits per heavy atom. The van der Waals surface area contributed by atoms with Crippen molar-refractivity contribution in [2.24, 2.45) is 5.92 Å². The van der Waals surface area contributed by atoms with Gasteiger partial charge in [-0.15, -0.1) is 0 Å². The summed E-state index contributed by atoms with van der Waals surface area (Å²) in [6.07, 6.45) is 3.28. The summed E-state index contributed by atoms with van der Waals surface area (Å²) in [4.78, 5) is 22.1. The maximum Gasteiger partial charge on any atom is 0.319 e. The molecule has 120 valence electrons. The van der Waals surface area contributed by atoms with Gasteiger partial charge in [0.05, 0.1) is 16.2 Å². The van der Waals surface area contributed by atoms with Gasteiger partial charge in [0.2, 0.25) is 0 Å². The topological polar surface area (TPSA) is 93.5 Å². The molecule has 1 aliphatic carbocycles. The average molecular weight is 307 g/mol. The number of carbonyl (C=O) groups is 1. The molecular formula is C15H21N3O4. The van der Waals surface area contributed by atoms with E-state index in [0.29, 0.717) is 24.4 Å². The van der Waals surface area contributed by atoms with Gasteiger partial charge in [-0.05, 0) is 38.2 Å². The molecule has 0 atom stereocenters. The van der Waals surface area contributed by atoms with Gasteiger partial charge in [-0.1, -0.05) is 6.07 Å². The number of hydrogen-bond donors (Lipinski definition) is 2. The Hall–Kier alpha value is -2.15. The molecule has 1 aliphatic rings. The largest absolute Gasteiger partial charge is 0.381 e. The zero-order valence-corrected chi connectivity index (χ0v) is 12.6. The lowest BCUT2D eigenvalue weighted by Gasteiger charge is -2.10. The van der Waals surface area contributed by atoms with Gasteiger partial charge in [0, 0.05) is 25.8 Å². The van der Waals surface area contributed by atoms with Crippen LogP contribution in [0.4, 0.5) is 16.2 Å². The van der Waals surface area contributed by atoms with Crippen molar-refractivity contribution in [3.8, 4) is 0 Å². The van der Waals surface area contributed by atoms with Crippen LogP contribution in [-0.4, -0.2) is 30.7 Å². The lowest BCUT2D eigenvalue weighted by atomic mass is 10.1. The highest BCUT2D eigenvalue weighted by Crippen LogP contribution is 2.28. The third-order valence-electron chi connectivity index (χ3n) is 3.55. The van der Waals surface area contributed by atoms with E-state index < -0.39 is 4.92 Å². The third kappa shape index (κ3) is 5.00. The molecule has 0 saturated heterocycles. The standard InChI is InChI=1S/C15H21N3O4/c1-11-13(4-2-5-14(11)18(20)21)17-15(19)16-8-3-9-22-10-12-6-7-12/h2,4-5,12H,3,6-10H2,1H3,(H2,16,17,19). The lowest BCUT2D eigenvalue weighted by molar-refractivity contribution is -0.385. The van der Waals surface area contributed by atoms with Crippen LogP contribution in [0.5, 0.6) is 0 Å². The number of benzene rings is 1. The molecule has 0 bridgehead atoms. The van der Waals surface area contributed by atoms with Crippen LogP contribution < -0.4 is 10.6 Å². The minimum Gasteiger partial charge on any atom is -0.381 e. The number of hydrogen-bond acceptors (Lipinski definition) is 4. The number of rotatable bonds is 8. The molecule has 2 N–H and O–H groups in total. The van der Waals surface area contributed by atoms with E-state index in [-0.39, 0.29) is 11.7 Å². The molecule has 7 heteroatoms. The molecule has 2 amide bonds. The molecule has 0 heterocycles. The highest BCUT2D eigenvalue weighted by molar-refractivity contribution is 5.90. The van der Waals surface area contributed by atoms with Crippen molar-refractivity contribution in [2.75, 3.05) is 25.1 Å². The monoisotopic (exact) mass is 307 g/mol. The summed E-state index contributed by atoms with van der Waals surface area (Å²) in [6.45, 7) is 3.57. The van der Waals surface area contributed by atoms with Gasteiger partial charge in [0.1, 0.15) is 0 Å². The van der Waals surface area contributed by atoms with E-state index in [1.54, 1.807) is 19.1 Å². The van der Waals surface area contributed by atoms with E-state index in [4.69, 9.17) is 4.74 Å². The molecule has 1 aromatic rings. The average Bonchev–Trinajstić information content (AvgIpc) is 3.29. The Morgan fingerprint density at radius 2 is 2.23 bits per heavy atom. The molecular weight excluding hydrogens is 286 g/mol. The van der Waals surface area contributed by atoms with Gasteiger partial charge in [0.15, 0.2) is 0 Å². The van der Waals surface area contributed by atoms with Gasteiger partial charge >= 0.3 is 6.03 Å². The summed E-state index contributed by atoms with van der Waals surface area (Å²) in [5.41, 5.74) is 0.873. The summed E-state index contributed by atoms with van der Waals surface area (Å²) >= 11 is 0. The van der Waals surface area contributed by atoms with Crippen LogP contribution in [0.1, 0.15) is 24.8 Å². The van der Waals surface area contributed by atoms with Crippen LogP contribution in [-0.2, 0) is 4.74 Å². The van der Waals surface area contributed by atoms with E-state index >= 15 is 0 Å². The molecule has 7 nitrogen and oxygen atoms in total. The molecule has 0 unspecified atom stereocenters. The Balaban J connectivity index is 1.69. The van der Waals surface area contributed by atoms with Crippen molar-refractivity contribution >= 4 is 17.4 Å². The molecule has 1 saturated carbocycles. The van der Waals surface area contributed by atoms with Crippen molar-refractivity contribution in [3.05, 3.63) is 33.9 Å². The molecule has 22 heavy (non-hydrogen) atoms. The van der Waals surface area contributed by atoms with Crippen LogP contribution in [0, 0.1) is 23.0 Å². The molecule has 0 aromatic heterocycles. The Bertz CT molecular complexity index is 544. The molecule has 1 fully saturated rings. The normalized spacial score (nSPS) is 13.7.